The van der Waals surface area contributed by atoms with Gasteiger partial charge in [-0.25, -0.2) is 13.6 Å². The Labute approximate surface area is 153 Å². The van der Waals surface area contributed by atoms with Gasteiger partial charge >= 0.3 is 6.03 Å². The first-order valence-corrected chi connectivity index (χ1v) is 8.23. The van der Waals surface area contributed by atoms with E-state index in [4.69, 9.17) is 27.9 Å². The minimum atomic E-state index is -0.835. The highest BCUT2D eigenvalue weighted by Gasteiger charge is 2.54. The zero-order valence-electron chi connectivity index (χ0n) is 12.9. The SMILES string of the molecule is O=C(NCc1c(F)cccc1F)Nc1ccc(OC2CC2(Cl)Cl)cc1. The van der Waals surface area contributed by atoms with Crippen LogP contribution < -0.4 is 15.4 Å². The molecule has 0 aromatic heterocycles. The van der Waals surface area contributed by atoms with Crippen LogP contribution in [0.15, 0.2) is 42.5 Å². The molecular weight excluding hydrogens is 373 g/mol. The van der Waals surface area contributed by atoms with E-state index in [0.717, 1.165) is 12.1 Å². The number of carbonyl (C=O) groups excluding carboxylic acids is 1. The number of amides is 2. The summed E-state index contributed by atoms with van der Waals surface area (Å²) in [5, 5.41) is 4.96. The van der Waals surface area contributed by atoms with Gasteiger partial charge in [0.05, 0.1) is 6.54 Å². The van der Waals surface area contributed by atoms with Crippen LogP contribution in [0.4, 0.5) is 19.3 Å². The van der Waals surface area contributed by atoms with Crippen molar-refractivity contribution in [2.45, 2.75) is 23.4 Å². The lowest BCUT2D eigenvalue weighted by atomic mass is 10.2. The second-order valence-electron chi connectivity index (χ2n) is 5.60. The van der Waals surface area contributed by atoms with Gasteiger partial charge in [0.1, 0.15) is 23.5 Å². The predicted octanol–water partition coefficient (Wildman–Crippen LogP) is 4.61. The lowest BCUT2D eigenvalue weighted by Gasteiger charge is -2.10. The first kappa shape index (κ1) is 17.8. The van der Waals surface area contributed by atoms with Gasteiger partial charge in [0.2, 0.25) is 0 Å². The van der Waals surface area contributed by atoms with Crippen LogP contribution in [0.25, 0.3) is 0 Å². The quantitative estimate of drug-likeness (QED) is 0.737. The molecule has 1 saturated carbocycles. The molecule has 2 aromatic carbocycles. The Morgan fingerprint density at radius 1 is 1.16 bits per heavy atom. The van der Waals surface area contributed by atoms with Gasteiger partial charge in [0.25, 0.3) is 0 Å². The molecule has 132 valence electrons. The summed E-state index contributed by atoms with van der Waals surface area (Å²) in [6.45, 7) is -0.263. The molecule has 25 heavy (non-hydrogen) atoms. The van der Waals surface area contributed by atoms with Gasteiger partial charge in [-0.15, -0.1) is 0 Å². The number of hydrogen-bond donors (Lipinski definition) is 2. The monoisotopic (exact) mass is 386 g/mol. The topological polar surface area (TPSA) is 50.4 Å². The van der Waals surface area contributed by atoms with Crippen molar-refractivity contribution >= 4 is 34.9 Å². The molecule has 1 aliphatic carbocycles. The molecule has 2 N–H and O–H groups in total. The molecular formula is C17H14Cl2F2N2O2. The van der Waals surface area contributed by atoms with Gasteiger partial charge in [-0.3, -0.25) is 0 Å². The van der Waals surface area contributed by atoms with Crippen molar-refractivity contribution in [3.63, 3.8) is 0 Å². The molecule has 8 heteroatoms. The highest BCUT2D eigenvalue weighted by atomic mass is 35.5. The number of ether oxygens (including phenoxy) is 1. The molecule has 0 radical (unpaired) electrons. The number of rotatable bonds is 5. The van der Waals surface area contributed by atoms with E-state index in [-0.39, 0.29) is 18.2 Å². The third kappa shape index (κ3) is 4.52. The molecule has 1 unspecified atom stereocenters. The highest BCUT2D eigenvalue weighted by molar-refractivity contribution is 6.51. The first-order chi connectivity index (χ1) is 11.8. The van der Waals surface area contributed by atoms with Gasteiger partial charge in [0, 0.05) is 17.7 Å². The first-order valence-electron chi connectivity index (χ1n) is 7.47. The van der Waals surface area contributed by atoms with Gasteiger partial charge < -0.3 is 15.4 Å². The second-order valence-corrected chi connectivity index (χ2v) is 7.15. The summed E-state index contributed by atoms with van der Waals surface area (Å²) in [6.07, 6.45) is 0.319. The van der Waals surface area contributed by atoms with Crippen LogP contribution >= 0.6 is 23.2 Å². The smallest absolute Gasteiger partial charge is 0.319 e. The zero-order valence-corrected chi connectivity index (χ0v) is 14.4. The molecule has 0 spiro atoms. The van der Waals surface area contributed by atoms with Crippen LogP contribution in [0.2, 0.25) is 0 Å². The van der Waals surface area contributed by atoms with Crippen molar-refractivity contribution in [2.75, 3.05) is 5.32 Å². The molecule has 2 aromatic rings. The van der Waals surface area contributed by atoms with E-state index in [1.165, 1.54) is 6.07 Å². The summed E-state index contributed by atoms with van der Waals surface area (Å²) in [7, 11) is 0. The Morgan fingerprint density at radius 2 is 1.76 bits per heavy atom. The standard InChI is InChI=1S/C17H14Cl2F2N2O2/c18-17(19)8-15(17)25-11-6-4-10(5-7-11)23-16(24)22-9-12-13(20)2-1-3-14(12)21/h1-7,15H,8-9H2,(H2,22,23,24). The minimum absolute atomic E-state index is 0.198. The van der Waals surface area contributed by atoms with Crippen molar-refractivity contribution in [1.29, 1.82) is 0 Å². The average molecular weight is 387 g/mol. The summed E-state index contributed by atoms with van der Waals surface area (Å²) in [5.74, 6) is -0.847. The molecule has 1 aliphatic rings. The van der Waals surface area contributed by atoms with Gasteiger partial charge in [-0.1, -0.05) is 29.3 Å². The van der Waals surface area contributed by atoms with E-state index in [2.05, 4.69) is 10.6 Å². The summed E-state index contributed by atoms with van der Waals surface area (Å²) >= 11 is 11.8. The fraction of sp³-hybridized carbons (Fsp3) is 0.235. The van der Waals surface area contributed by atoms with Crippen LogP contribution in [0.3, 0.4) is 0 Å². The molecule has 0 aliphatic heterocycles. The van der Waals surface area contributed by atoms with E-state index < -0.39 is 22.0 Å². The molecule has 1 atom stereocenters. The third-order valence-corrected chi connectivity index (χ3v) is 4.44. The van der Waals surface area contributed by atoms with Crippen LogP contribution in [-0.2, 0) is 6.54 Å². The molecule has 0 heterocycles. The summed E-state index contributed by atoms with van der Waals surface area (Å²) in [4.78, 5) is 11.8. The van der Waals surface area contributed by atoms with Crippen molar-refractivity contribution < 1.29 is 18.3 Å². The van der Waals surface area contributed by atoms with Crippen LogP contribution in [0.5, 0.6) is 5.75 Å². The molecule has 0 saturated heterocycles. The van der Waals surface area contributed by atoms with Gasteiger partial charge in [-0.2, -0.15) is 0 Å². The van der Waals surface area contributed by atoms with E-state index in [9.17, 15) is 13.6 Å². The molecule has 4 nitrogen and oxygen atoms in total. The number of urea groups is 1. The van der Waals surface area contributed by atoms with Crippen LogP contribution in [0, 0.1) is 11.6 Å². The maximum atomic E-state index is 13.5. The number of benzene rings is 2. The largest absolute Gasteiger partial charge is 0.487 e. The normalized spacial score (nSPS) is 17.7. The number of hydrogen-bond acceptors (Lipinski definition) is 2. The highest BCUT2D eigenvalue weighted by Crippen LogP contribution is 2.49. The Kier molecular flexibility index (Phi) is 5.01. The van der Waals surface area contributed by atoms with Crippen LogP contribution in [-0.4, -0.2) is 16.5 Å². The van der Waals surface area contributed by atoms with Crippen molar-refractivity contribution in [1.82, 2.24) is 5.32 Å². The maximum Gasteiger partial charge on any atom is 0.319 e. The number of nitrogens with one attached hydrogen (secondary N) is 2. The Balaban J connectivity index is 1.51. The minimum Gasteiger partial charge on any atom is -0.487 e. The molecule has 0 bridgehead atoms. The number of anilines is 1. The zero-order chi connectivity index (χ0) is 18.0. The lowest BCUT2D eigenvalue weighted by molar-refractivity contribution is 0.251. The lowest BCUT2D eigenvalue weighted by Crippen LogP contribution is -2.28. The van der Waals surface area contributed by atoms with E-state index in [0.29, 0.717) is 17.9 Å². The van der Waals surface area contributed by atoms with Crippen molar-refractivity contribution in [2.24, 2.45) is 0 Å². The average Bonchev–Trinajstić information content (AvgIpc) is 3.15. The predicted molar refractivity (Wildman–Crippen MR) is 92.1 cm³/mol. The van der Waals surface area contributed by atoms with E-state index >= 15 is 0 Å². The van der Waals surface area contributed by atoms with Crippen molar-refractivity contribution in [3.05, 3.63) is 59.7 Å². The molecule has 1 fully saturated rings. The number of halogens is 4. The Morgan fingerprint density at radius 3 is 2.32 bits per heavy atom. The van der Waals surface area contributed by atoms with E-state index in [1.807, 2.05) is 0 Å². The van der Waals surface area contributed by atoms with Gasteiger partial charge in [0.15, 0.2) is 4.33 Å². The fourth-order valence-corrected chi connectivity index (χ4v) is 2.51. The molecule has 3 rings (SSSR count). The number of carbonyl (C=O) groups is 1. The van der Waals surface area contributed by atoms with E-state index in [1.54, 1.807) is 24.3 Å². The second kappa shape index (κ2) is 7.06. The summed E-state index contributed by atoms with van der Waals surface area (Å²) in [5.41, 5.74) is 0.300. The summed E-state index contributed by atoms with van der Waals surface area (Å²) < 4.78 is 31.7. The fourth-order valence-electron chi connectivity index (χ4n) is 2.14. The summed E-state index contributed by atoms with van der Waals surface area (Å²) in [6, 6.07) is 9.52. The van der Waals surface area contributed by atoms with Crippen LogP contribution in [0.1, 0.15) is 12.0 Å². The number of alkyl halides is 2. The van der Waals surface area contributed by atoms with Crippen molar-refractivity contribution in [3.8, 4) is 5.75 Å². The molecule has 2 amide bonds. The maximum absolute atomic E-state index is 13.5. The third-order valence-electron chi connectivity index (χ3n) is 3.65. The Bertz CT molecular complexity index is 764. The Hall–Kier alpha value is -2.05. The van der Waals surface area contributed by atoms with Gasteiger partial charge in [-0.05, 0) is 36.4 Å².